The third-order valence-corrected chi connectivity index (χ3v) is 7.27. The molecule has 42 heavy (non-hydrogen) atoms. The first kappa shape index (κ1) is 34.8. The molecular weight excluding hydrogens is 526 g/mol. The molecule has 3 unspecified atom stereocenters. The van der Waals surface area contributed by atoms with Crippen LogP contribution in [-0.4, -0.2) is 40.5 Å². The maximum atomic E-state index is 14.6. The van der Waals surface area contributed by atoms with Crippen LogP contribution in [0.3, 0.4) is 0 Å². The number of rotatable bonds is 13. The van der Waals surface area contributed by atoms with Crippen molar-refractivity contribution in [2.24, 2.45) is 11.8 Å². The van der Waals surface area contributed by atoms with Crippen molar-refractivity contribution in [2.45, 2.75) is 119 Å². The second-order valence-corrected chi connectivity index (χ2v) is 13.3. The van der Waals surface area contributed by atoms with Crippen molar-refractivity contribution in [1.29, 1.82) is 0 Å². The summed E-state index contributed by atoms with van der Waals surface area (Å²) in [6.07, 6.45) is 1.38. The minimum Gasteiger partial charge on any atom is -0.444 e. The smallest absolute Gasteiger partial charge is 0.408 e. The van der Waals surface area contributed by atoms with E-state index in [0.29, 0.717) is 18.9 Å². The zero-order valence-electron chi connectivity index (χ0n) is 27.4. The largest absolute Gasteiger partial charge is 0.444 e. The Bertz CT molecular complexity index is 1170. The van der Waals surface area contributed by atoms with Crippen molar-refractivity contribution < 1.29 is 19.1 Å². The number of aryl methyl sites for hydroxylation is 2. The van der Waals surface area contributed by atoms with Gasteiger partial charge in [-0.05, 0) is 94.9 Å². The number of benzene rings is 2. The first-order valence-electron chi connectivity index (χ1n) is 15.3. The van der Waals surface area contributed by atoms with Crippen LogP contribution in [0, 0.1) is 25.7 Å². The Balaban J connectivity index is 2.60. The maximum Gasteiger partial charge on any atom is 0.408 e. The lowest BCUT2D eigenvalue weighted by molar-refractivity contribution is -0.145. The summed E-state index contributed by atoms with van der Waals surface area (Å²) in [7, 11) is 0. The second kappa shape index (κ2) is 15.8. The topological polar surface area (TPSA) is 87.7 Å². The number of ether oxygens (including phenoxy) is 1. The van der Waals surface area contributed by atoms with Gasteiger partial charge in [-0.25, -0.2) is 4.79 Å². The Hall–Kier alpha value is -3.35. The summed E-state index contributed by atoms with van der Waals surface area (Å²) in [5.74, 6) is 0.00716. The Morgan fingerprint density at radius 2 is 1.50 bits per heavy atom. The molecular formula is C35H53N3O4. The summed E-state index contributed by atoms with van der Waals surface area (Å²) < 4.78 is 5.53. The summed E-state index contributed by atoms with van der Waals surface area (Å²) in [5, 5.41) is 5.94. The molecule has 7 heteroatoms. The summed E-state index contributed by atoms with van der Waals surface area (Å²) in [6.45, 7) is 20.1. The van der Waals surface area contributed by atoms with Crippen molar-refractivity contribution in [2.75, 3.05) is 0 Å². The highest BCUT2D eigenvalue weighted by molar-refractivity contribution is 5.92. The second-order valence-electron chi connectivity index (χ2n) is 13.3. The lowest BCUT2D eigenvalue weighted by atomic mass is 9.94. The molecule has 0 aromatic heterocycles. The minimum absolute atomic E-state index is 0.119. The molecule has 0 saturated carbocycles. The number of carbonyl (C=O) groups excluding carboxylic acids is 3. The van der Waals surface area contributed by atoms with Gasteiger partial charge in [0.05, 0.1) is 0 Å². The van der Waals surface area contributed by atoms with Crippen LogP contribution in [-0.2, 0) is 20.9 Å². The van der Waals surface area contributed by atoms with E-state index in [1.165, 1.54) is 0 Å². The van der Waals surface area contributed by atoms with Gasteiger partial charge >= 0.3 is 6.09 Å². The first-order chi connectivity index (χ1) is 19.6. The molecule has 0 heterocycles. The van der Waals surface area contributed by atoms with E-state index in [1.807, 2.05) is 83.1 Å². The molecule has 3 atom stereocenters. The molecule has 232 valence electrons. The van der Waals surface area contributed by atoms with Crippen molar-refractivity contribution in [3.63, 3.8) is 0 Å². The number of alkyl carbamates (subject to hydrolysis) is 1. The van der Waals surface area contributed by atoms with E-state index >= 15 is 0 Å². The number of nitrogens with zero attached hydrogens (tertiary/aromatic N) is 1. The van der Waals surface area contributed by atoms with Gasteiger partial charge in [-0.2, -0.15) is 0 Å². The van der Waals surface area contributed by atoms with Gasteiger partial charge in [-0.3, -0.25) is 9.59 Å². The summed E-state index contributed by atoms with van der Waals surface area (Å²) in [6, 6.07) is 13.7. The molecule has 2 rings (SSSR count). The van der Waals surface area contributed by atoms with E-state index in [4.69, 9.17) is 4.74 Å². The highest BCUT2D eigenvalue weighted by Crippen LogP contribution is 2.30. The van der Waals surface area contributed by atoms with Crippen LogP contribution in [0.4, 0.5) is 4.79 Å². The number of hydrogen-bond donors (Lipinski definition) is 2. The Kier molecular flexibility index (Phi) is 13.1. The van der Waals surface area contributed by atoms with Gasteiger partial charge < -0.3 is 20.3 Å². The molecule has 0 aliphatic carbocycles. The Morgan fingerprint density at radius 1 is 0.857 bits per heavy atom. The van der Waals surface area contributed by atoms with Crippen molar-refractivity contribution in [3.05, 3.63) is 70.8 Å². The van der Waals surface area contributed by atoms with Crippen molar-refractivity contribution in [1.82, 2.24) is 15.5 Å². The van der Waals surface area contributed by atoms with E-state index < -0.39 is 23.8 Å². The fraction of sp³-hybridized carbons (Fsp3) is 0.571. The van der Waals surface area contributed by atoms with Crippen LogP contribution in [0.15, 0.2) is 48.5 Å². The van der Waals surface area contributed by atoms with Crippen LogP contribution >= 0.6 is 0 Å². The number of nitrogens with one attached hydrogen (secondary N) is 2. The van der Waals surface area contributed by atoms with Gasteiger partial charge in [0, 0.05) is 12.6 Å². The first-order valence-corrected chi connectivity index (χ1v) is 15.3. The third kappa shape index (κ3) is 11.1. The molecule has 0 saturated heterocycles. The van der Waals surface area contributed by atoms with Gasteiger partial charge in [0.15, 0.2) is 0 Å². The van der Waals surface area contributed by atoms with Crippen LogP contribution in [0.2, 0.25) is 0 Å². The van der Waals surface area contributed by atoms with Gasteiger partial charge in [0.2, 0.25) is 11.8 Å². The van der Waals surface area contributed by atoms with E-state index in [0.717, 1.165) is 35.1 Å². The zero-order valence-corrected chi connectivity index (χ0v) is 27.4. The highest BCUT2D eigenvalue weighted by Gasteiger charge is 2.39. The minimum atomic E-state index is -0.877. The lowest BCUT2D eigenvalue weighted by Gasteiger charge is -2.39. The highest BCUT2D eigenvalue weighted by atomic mass is 16.6. The van der Waals surface area contributed by atoms with Crippen LogP contribution < -0.4 is 10.6 Å². The monoisotopic (exact) mass is 579 g/mol. The molecule has 7 nitrogen and oxygen atoms in total. The summed E-state index contributed by atoms with van der Waals surface area (Å²) in [5.41, 5.74) is 3.16. The molecule has 2 aromatic carbocycles. The molecule has 0 radical (unpaired) electrons. The van der Waals surface area contributed by atoms with Gasteiger partial charge in [0.1, 0.15) is 17.7 Å². The number of hydrogen-bond acceptors (Lipinski definition) is 4. The molecule has 2 N–H and O–H groups in total. The Labute approximate surface area is 253 Å². The normalized spacial score (nSPS) is 13.8. The number of amides is 3. The van der Waals surface area contributed by atoms with Crippen LogP contribution in [0.5, 0.6) is 0 Å². The van der Waals surface area contributed by atoms with Crippen molar-refractivity contribution >= 4 is 17.9 Å². The fourth-order valence-electron chi connectivity index (χ4n) is 4.89. The van der Waals surface area contributed by atoms with Crippen LogP contribution in [0.25, 0.3) is 0 Å². The predicted molar refractivity (Wildman–Crippen MR) is 170 cm³/mol. The molecule has 0 spiro atoms. The van der Waals surface area contributed by atoms with E-state index in [2.05, 4.69) is 24.5 Å². The fourth-order valence-corrected chi connectivity index (χ4v) is 4.89. The molecule has 0 aliphatic rings. The predicted octanol–water partition coefficient (Wildman–Crippen LogP) is 7.25. The molecule has 0 fully saturated rings. The van der Waals surface area contributed by atoms with E-state index in [1.54, 1.807) is 25.7 Å². The average molecular weight is 580 g/mol. The van der Waals surface area contributed by atoms with Gasteiger partial charge in [0.25, 0.3) is 0 Å². The SMILES string of the molecule is Cc1ccc(C(C(=O)NCc2ccccc2)N(C(=O)C(CC(C)C)NC(=O)OC(C)(C)C)C(C)CCC(C)C)cc1C. The Morgan fingerprint density at radius 3 is 2.05 bits per heavy atom. The lowest BCUT2D eigenvalue weighted by Crippen LogP contribution is -2.55. The van der Waals surface area contributed by atoms with Gasteiger partial charge in [-0.15, -0.1) is 0 Å². The molecule has 0 aliphatic heterocycles. The van der Waals surface area contributed by atoms with Crippen LogP contribution in [0.1, 0.15) is 103 Å². The van der Waals surface area contributed by atoms with Crippen molar-refractivity contribution in [3.8, 4) is 0 Å². The third-order valence-electron chi connectivity index (χ3n) is 7.27. The van der Waals surface area contributed by atoms with E-state index in [-0.39, 0.29) is 23.8 Å². The standard InChI is InChI=1S/C35H53N3O4/c1-23(2)16-18-27(7)38(33(40)30(20-24(3)4)37-34(41)42-35(8,9)10)31(29-19-17-25(5)26(6)21-29)32(39)36-22-28-14-12-11-13-15-28/h11-15,17,19,21,23-24,27,30-31H,16,18,20,22H2,1-10H3,(H,36,39)(H,37,41). The zero-order chi connectivity index (χ0) is 31.6. The summed E-state index contributed by atoms with van der Waals surface area (Å²) in [4.78, 5) is 43.3. The molecule has 0 bridgehead atoms. The number of carbonyl (C=O) groups is 3. The van der Waals surface area contributed by atoms with E-state index in [9.17, 15) is 14.4 Å². The summed E-state index contributed by atoms with van der Waals surface area (Å²) >= 11 is 0. The quantitative estimate of drug-likeness (QED) is 0.262. The molecule has 2 aromatic rings. The maximum absolute atomic E-state index is 14.6. The molecule has 3 amide bonds. The average Bonchev–Trinajstić information content (AvgIpc) is 2.89. The van der Waals surface area contributed by atoms with Gasteiger partial charge in [-0.1, -0.05) is 76.2 Å².